The second-order valence-corrected chi connectivity index (χ2v) is 10.4. The maximum Gasteiger partial charge on any atom is 0.317 e. The molecule has 1 aliphatic heterocycles. The Bertz CT molecular complexity index is 975. The van der Waals surface area contributed by atoms with Gasteiger partial charge in [-0.3, -0.25) is 0 Å². The summed E-state index contributed by atoms with van der Waals surface area (Å²) in [4.78, 5) is 26.9. The number of rotatable bonds is 5. The third-order valence-corrected chi connectivity index (χ3v) is 6.22. The van der Waals surface area contributed by atoms with Crippen molar-refractivity contribution in [2.24, 2.45) is 0 Å². The molecule has 2 fully saturated rings. The van der Waals surface area contributed by atoms with E-state index in [1.54, 1.807) is 0 Å². The predicted molar refractivity (Wildman–Crippen MR) is 130 cm³/mol. The number of halogens is 1. The Morgan fingerprint density at radius 3 is 2.47 bits per heavy atom. The van der Waals surface area contributed by atoms with Gasteiger partial charge in [-0.15, -0.1) is 0 Å². The Morgan fingerprint density at radius 2 is 1.88 bits per heavy atom. The largest absolute Gasteiger partial charge is 0.353 e. The van der Waals surface area contributed by atoms with Gasteiger partial charge in [0.2, 0.25) is 0 Å². The van der Waals surface area contributed by atoms with E-state index in [4.69, 9.17) is 21.6 Å². The number of nitrogens with zero attached hydrogens (tertiary/aromatic N) is 4. The summed E-state index contributed by atoms with van der Waals surface area (Å²) in [6, 6.07) is 8.04. The minimum atomic E-state index is -0.236. The first-order valence-electron chi connectivity index (χ1n) is 11.7. The highest BCUT2D eigenvalue weighted by atomic mass is 35.5. The summed E-state index contributed by atoms with van der Waals surface area (Å²) in [7, 11) is 0. The first-order valence-corrected chi connectivity index (χ1v) is 12.1. The van der Waals surface area contributed by atoms with E-state index in [0.717, 1.165) is 48.3 Å². The van der Waals surface area contributed by atoms with Gasteiger partial charge in [-0.1, -0.05) is 30.7 Å². The highest BCUT2D eigenvalue weighted by Crippen LogP contribution is 2.40. The van der Waals surface area contributed by atoms with Gasteiger partial charge < -0.3 is 15.1 Å². The number of carbonyl (C=O) groups excluding carboxylic acids is 1. The molecule has 172 valence electrons. The van der Waals surface area contributed by atoms with Gasteiger partial charge in [-0.2, -0.15) is 0 Å². The number of amides is 2. The summed E-state index contributed by atoms with van der Waals surface area (Å²) in [6.07, 6.45) is 3.99. The number of aryl methyl sites for hydroxylation is 1. The van der Waals surface area contributed by atoms with Crippen LogP contribution in [0, 0.1) is 0 Å². The van der Waals surface area contributed by atoms with Gasteiger partial charge in [0.25, 0.3) is 0 Å². The highest BCUT2D eigenvalue weighted by Gasteiger charge is 2.31. The average Bonchev–Trinajstić information content (AvgIpc) is 3.58. The van der Waals surface area contributed by atoms with Gasteiger partial charge in [0.15, 0.2) is 0 Å². The number of hydrogen-bond acceptors (Lipinski definition) is 4. The number of benzene rings is 1. The zero-order chi connectivity index (χ0) is 22.9. The first-order chi connectivity index (χ1) is 15.2. The quantitative estimate of drug-likeness (QED) is 0.704. The molecule has 0 unspecified atom stereocenters. The van der Waals surface area contributed by atoms with Crippen LogP contribution in [0.1, 0.15) is 69.1 Å². The molecule has 1 aromatic heterocycles. The number of urea groups is 1. The lowest BCUT2D eigenvalue weighted by molar-refractivity contribution is 0.185. The number of aromatic nitrogens is 2. The van der Waals surface area contributed by atoms with Crippen LogP contribution in [0.15, 0.2) is 24.3 Å². The van der Waals surface area contributed by atoms with Crippen LogP contribution >= 0.6 is 11.6 Å². The number of hydrogen-bond donors (Lipinski definition) is 1. The monoisotopic (exact) mass is 455 g/mol. The molecule has 7 heteroatoms. The normalized spacial score (nSPS) is 16.9. The van der Waals surface area contributed by atoms with E-state index in [1.165, 1.54) is 24.0 Å². The molecule has 32 heavy (non-hydrogen) atoms. The van der Waals surface area contributed by atoms with Gasteiger partial charge in [-0.05, 0) is 57.7 Å². The van der Waals surface area contributed by atoms with E-state index in [9.17, 15) is 4.79 Å². The third kappa shape index (κ3) is 5.52. The summed E-state index contributed by atoms with van der Waals surface area (Å²) >= 11 is 6.25. The fourth-order valence-electron chi connectivity index (χ4n) is 4.17. The molecular formula is C25H34ClN5O. The maximum atomic E-state index is 12.6. The smallest absolute Gasteiger partial charge is 0.317 e. The second kappa shape index (κ2) is 9.26. The number of carbonyl (C=O) groups is 1. The lowest BCUT2D eigenvalue weighted by Crippen LogP contribution is -2.55. The van der Waals surface area contributed by atoms with Crippen LogP contribution in [0.4, 0.5) is 10.6 Å². The highest BCUT2D eigenvalue weighted by molar-refractivity contribution is 6.30. The molecule has 2 aliphatic rings. The molecule has 0 radical (unpaired) electrons. The summed E-state index contributed by atoms with van der Waals surface area (Å²) in [6.45, 7) is 11.1. The van der Waals surface area contributed by atoms with Crippen LogP contribution < -0.4 is 10.2 Å². The van der Waals surface area contributed by atoms with Crippen molar-refractivity contribution in [3.63, 3.8) is 0 Å². The molecule has 1 N–H and O–H groups in total. The van der Waals surface area contributed by atoms with Crippen LogP contribution in [0.2, 0.25) is 5.02 Å². The molecule has 1 saturated carbocycles. The minimum absolute atomic E-state index is 0.00639. The van der Waals surface area contributed by atoms with E-state index in [0.29, 0.717) is 19.0 Å². The van der Waals surface area contributed by atoms with Gasteiger partial charge in [0, 0.05) is 60.3 Å². The van der Waals surface area contributed by atoms with Crippen molar-refractivity contribution in [3.05, 3.63) is 51.9 Å². The van der Waals surface area contributed by atoms with Gasteiger partial charge in [-0.25, -0.2) is 14.8 Å². The maximum absolute atomic E-state index is 12.6. The second-order valence-electron chi connectivity index (χ2n) is 9.92. The lowest BCUT2D eigenvalue weighted by atomic mass is 10.0. The molecule has 1 saturated heterocycles. The molecule has 0 atom stereocenters. The fraction of sp³-hybridized carbons (Fsp3) is 0.560. The van der Waals surface area contributed by atoms with Crippen molar-refractivity contribution in [1.29, 1.82) is 0 Å². The number of nitrogens with one attached hydrogen (secondary N) is 1. The molecule has 6 nitrogen and oxygen atoms in total. The average molecular weight is 456 g/mol. The molecule has 2 heterocycles. The van der Waals surface area contributed by atoms with Crippen molar-refractivity contribution in [2.45, 2.75) is 64.8 Å². The van der Waals surface area contributed by atoms with Crippen LogP contribution in [-0.4, -0.2) is 52.6 Å². The molecule has 4 rings (SSSR count). The standard InChI is InChI=1S/C25H34ClN5O/c1-5-21-20(16-17-7-6-8-19(26)15-17)23(28-22(27-21)18-9-10-18)30-11-13-31(14-12-30)24(32)29-25(2,3)4/h6-8,15,18H,5,9-14,16H2,1-4H3,(H,29,32). The van der Waals surface area contributed by atoms with Gasteiger partial charge in [0.1, 0.15) is 11.6 Å². The number of piperazine rings is 1. The van der Waals surface area contributed by atoms with Crippen molar-refractivity contribution < 1.29 is 4.79 Å². The van der Waals surface area contributed by atoms with E-state index < -0.39 is 0 Å². The Balaban J connectivity index is 1.59. The summed E-state index contributed by atoms with van der Waals surface area (Å²) in [5.74, 6) is 2.52. The van der Waals surface area contributed by atoms with Gasteiger partial charge >= 0.3 is 6.03 Å². The minimum Gasteiger partial charge on any atom is -0.353 e. The van der Waals surface area contributed by atoms with Crippen molar-refractivity contribution in [3.8, 4) is 0 Å². The van der Waals surface area contributed by atoms with Crippen LogP contribution in [-0.2, 0) is 12.8 Å². The van der Waals surface area contributed by atoms with E-state index >= 15 is 0 Å². The van der Waals surface area contributed by atoms with Crippen LogP contribution in [0.5, 0.6) is 0 Å². The SMILES string of the molecule is CCc1nc(C2CC2)nc(N2CCN(C(=O)NC(C)(C)C)CC2)c1Cc1cccc(Cl)c1. The van der Waals surface area contributed by atoms with E-state index in [1.807, 2.05) is 43.9 Å². The van der Waals surface area contributed by atoms with Crippen molar-refractivity contribution in [2.75, 3.05) is 31.1 Å². The summed E-state index contributed by atoms with van der Waals surface area (Å²) < 4.78 is 0. The molecule has 2 aromatic rings. The Hall–Kier alpha value is -2.34. The lowest BCUT2D eigenvalue weighted by Gasteiger charge is -2.38. The van der Waals surface area contributed by atoms with Crippen molar-refractivity contribution >= 4 is 23.4 Å². The van der Waals surface area contributed by atoms with E-state index in [2.05, 4.69) is 23.2 Å². The Morgan fingerprint density at radius 1 is 1.16 bits per heavy atom. The number of anilines is 1. The summed E-state index contributed by atoms with van der Waals surface area (Å²) in [5.41, 5.74) is 3.25. The fourth-order valence-corrected chi connectivity index (χ4v) is 4.38. The third-order valence-electron chi connectivity index (χ3n) is 5.98. The summed E-state index contributed by atoms with van der Waals surface area (Å²) in [5, 5.41) is 3.82. The molecule has 2 amide bonds. The van der Waals surface area contributed by atoms with E-state index in [-0.39, 0.29) is 11.6 Å². The zero-order valence-corrected chi connectivity index (χ0v) is 20.4. The molecule has 0 spiro atoms. The topological polar surface area (TPSA) is 61.4 Å². The molecular weight excluding hydrogens is 422 g/mol. The molecule has 0 bridgehead atoms. The van der Waals surface area contributed by atoms with Crippen molar-refractivity contribution in [1.82, 2.24) is 20.2 Å². The Kier molecular flexibility index (Phi) is 6.61. The molecule has 1 aromatic carbocycles. The first kappa shape index (κ1) is 22.8. The van der Waals surface area contributed by atoms with Crippen LogP contribution in [0.3, 0.4) is 0 Å². The van der Waals surface area contributed by atoms with Gasteiger partial charge in [0.05, 0.1) is 0 Å². The predicted octanol–water partition coefficient (Wildman–Crippen LogP) is 4.79. The zero-order valence-electron chi connectivity index (χ0n) is 19.6. The molecule has 1 aliphatic carbocycles. The van der Waals surface area contributed by atoms with Crippen LogP contribution in [0.25, 0.3) is 0 Å². The Labute approximate surface area is 196 Å².